The van der Waals surface area contributed by atoms with E-state index in [1.165, 1.54) is 4.57 Å². The molecule has 3 aromatic rings. The summed E-state index contributed by atoms with van der Waals surface area (Å²) in [5.41, 5.74) is 1.96. The smallest absolute Gasteiger partial charge is 0.295 e. The molecule has 114 valence electrons. The van der Waals surface area contributed by atoms with E-state index in [2.05, 4.69) is 20.2 Å². The molecule has 0 N–H and O–H groups in total. The second-order valence-electron chi connectivity index (χ2n) is 5.33. The quantitative estimate of drug-likeness (QED) is 0.699. The highest BCUT2D eigenvalue weighted by Gasteiger charge is 2.13. The number of nitrogens with zero attached hydrogens (tertiary/aromatic N) is 7. The van der Waals surface area contributed by atoms with Crippen LogP contribution >= 0.6 is 0 Å². The summed E-state index contributed by atoms with van der Waals surface area (Å²) < 4.78 is 3.17. The molecule has 0 spiro atoms. The molecule has 0 unspecified atom stereocenters. The van der Waals surface area contributed by atoms with Gasteiger partial charge in [-0.3, -0.25) is 9.20 Å². The first-order chi connectivity index (χ1) is 10.5. The van der Waals surface area contributed by atoms with Gasteiger partial charge in [-0.2, -0.15) is 0 Å². The topological polar surface area (TPSA) is 81.2 Å². The number of fused-ring (bicyclic) bond motifs is 1. The molecule has 0 aliphatic carbocycles. The van der Waals surface area contributed by atoms with Crippen LogP contribution in [-0.2, 0) is 13.6 Å². The van der Waals surface area contributed by atoms with Crippen LogP contribution < -0.4 is 10.5 Å². The van der Waals surface area contributed by atoms with E-state index in [0.29, 0.717) is 24.0 Å². The molecule has 22 heavy (non-hydrogen) atoms. The first-order valence-electron chi connectivity index (χ1n) is 6.88. The van der Waals surface area contributed by atoms with Crippen LogP contribution in [0.2, 0.25) is 0 Å². The van der Waals surface area contributed by atoms with Crippen molar-refractivity contribution in [3.63, 3.8) is 0 Å². The highest BCUT2D eigenvalue weighted by Crippen LogP contribution is 2.11. The number of anilines is 1. The third-order valence-electron chi connectivity index (χ3n) is 3.41. The second kappa shape index (κ2) is 5.21. The zero-order valence-corrected chi connectivity index (χ0v) is 13.0. The van der Waals surface area contributed by atoms with Crippen molar-refractivity contribution in [2.24, 2.45) is 7.05 Å². The molecule has 0 amide bonds. The standard InChI is InChI=1S/C14H17N7O/c1-9-7-10(2)16-14(15-9)20(4)8-11-17-18-12-13(22)19(3)5-6-21(11)12/h5-7H,8H2,1-4H3. The fourth-order valence-corrected chi connectivity index (χ4v) is 2.29. The number of aromatic nitrogens is 6. The van der Waals surface area contributed by atoms with Gasteiger partial charge in [0.25, 0.3) is 5.56 Å². The van der Waals surface area contributed by atoms with Crippen LogP contribution in [0.1, 0.15) is 17.2 Å². The van der Waals surface area contributed by atoms with Crippen molar-refractivity contribution in [1.29, 1.82) is 0 Å². The van der Waals surface area contributed by atoms with Crippen LogP contribution in [0.5, 0.6) is 0 Å². The summed E-state index contributed by atoms with van der Waals surface area (Å²) in [5, 5.41) is 8.08. The lowest BCUT2D eigenvalue weighted by molar-refractivity contribution is 0.779. The lowest BCUT2D eigenvalue weighted by atomic mass is 10.3. The van der Waals surface area contributed by atoms with Gasteiger partial charge in [0.2, 0.25) is 11.6 Å². The summed E-state index contributed by atoms with van der Waals surface area (Å²) >= 11 is 0. The number of hydrogen-bond acceptors (Lipinski definition) is 6. The highest BCUT2D eigenvalue weighted by molar-refractivity contribution is 5.36. The Bertz CT molecular complexity index is 876. The van der Waals surface area contributed by atoms with E-state index in [0.717, 1.165) is 11.4 Å². The summed E-state index contributed by atoms with van der Waals surface area (Å²) in [5.74, 6) is 1.29. The molecular formula is C14H17N7O. The number of aryl methyl sites for hydroxylation is 3. The van der Waals surface area contributed by atoms with Gasteiger partial charge in [-0.1, -0.05) is 0 Å². The summed E-state index contributed by atoms with van der Waals surface area (Å²) in [7, 11) is 3.57. The molecule has 8 nitrogen and oxygen atoms in total. The van der Waals surface area contributed by atoms with E-state index in [1.54, 1.807) is 23.8 Å². The van der Waals surface area contributed by atoms with Gasteiger partial charge < -0.3 is 9.47 Å². The average molecular weight is 299 g/mol. The van der Waals surface area contributed by atoms with Gasteiger partial charge in [-0.15, -0.1) is 10.2 Å². The Morgan fingerprint density at radius 1 is 1.14 bits per heavy atom. The molecular weight excluding hydrogens is 282 g/mol. The van der Waals surface area contributed by atoms with Gasteiger partial charge in [0, 0.05) is 37.9 Å². The minimum Gasteiger partial charge on any atom is -0.336 e. The summed E-state index contributed by atoms with van der Waals surface area (Å²) in [4.78, 5) is 22.7. The average Bonchev–Trinajstić information content (AvgIpc) is 2.85. The molecule has 0 saturated carbocycles. The minimum absolute atomic E-state index is 0.174. The van der Waals surface area contributed by atoms with Crippen molar-refractivity contribution in [3.05, 3.63) is 46.0 Å². The Hall–Kier alpha value is -2.77. The fourth-order valence-electron chi connectivity index (χ4n) is 2.29. The van der Waals surface area contributed by atoms with Gasteiger partial charge in [-0.05, 0) is 19.9 Å². The lowest BCUT2D eigenvalue weighted by Crippen LogP contribution is -2.22. The Morgan fingerprint density at radius 2 is 1.82 bits per heavy atom. The van der Waals surface area contributed by atoms with Crippen molar-refractivity contribution in [2.75, 3.05) is 11.9 Å². The Kier molecular flexibility index (Phi) is 3.36. The first kappa shape index (κ1) is 14.2. The van der Waals surface area contributed by atoms with Crippen LogP contribution in [0.3, 0.4) is 0 Å². The van der Waals surface area contributed by atoms with Crippen molar-refractivity contribution < 1.29 is 0 Å². The van der Waals surface area contributed by atoms with Crippen LogP contribution in [0.4, 0.5) is 5.95 Å². The zero-order chi connectivity index (χ0) is 15.9. The Labute approximate surface area is 127 Å². The first-order valence-corrected chi connectivity index (χ1v) is 6.88. The molecule has 0 aromatic carbocycles. The second-order valence-corrected chi connectivity index (χ2v) is 5.33. The van der Waals surface area contributed by atoms with Crippen LogP contribution in [0.25, 0.3) is 5.65 Å². The van der Waals surface area contributed by atoms with Gasteiger partial charge in [0.15, 0.2) is 5.82 Å². The predicted octanol–water partition coefficient (Wildman–Crippen LogP) is 0.471. The molecule has 0 fully saturated rings. The number of rotatable bonds is 3. The Morgan fingerprint density at radius 3 is 2.50 bits per heavy atom. The highest BCUT2D eigenvalue weighted by atomic mass is 16.1. The van der Waals surface area contributed by atoms with Gasteiger partial charge >= 0.3 is 0 Å². The van der Waals surface area contributed by atoms with Crippen LogP contribution in [-0.4, -0.2) is 36.2 Å². The predicted molar refractivity (Wildman–Crippen MR) is 81.8 cm³/mol. The van der Waals surface area contributed by atoms with Gasteiger partial charge in [-0.25, -0.2) is 9.97 Å². The maximum absolute atomic E-state index is 12.0. The van der Waals surface area contributed by atoms with Crippen LogP contribution in [0.15, 0.2) is 23.3 Å². The molecule has 0 saturated heterocycles. The minimum atomic E-state index is -0.174. The molecule has 8 heteroatoms. The maximum Gasteiger partial charge on any atom is 0.295 e. The summed E-state index contributed by atoms with van der Waals surface area (Å²) in [6.07, 6.45) is 3.47. The van der Waals surface area contributed by atoms with Gasteiger partial charge in [0.1, 0.15) is 0 Å². The third-order valence-corrected chi connectivity index (χ3v) is 3.41. The zero-order valence-electron chi connectivity index (χ0n) is 13.0. The molecule has 0 aliphatic heterocycles. The van der Waals surface area contributed by atoms with E-state index in [-0.39, 0.29) is 5.56 Å². The van der Waals surface area contributed by atoms with Crippen LogP contribution in [0, 0.1) is 13.8 Å². The maximum atomic E-state index is 12.0. The van der Waals surface area contributed by atoms with Crippen molar-refractivity contribution in [2.45, 2.75) is 20.4 Å². The Balaban J connectivity index is 1.96. The molecule has 0 aliphatic rings. The molecule has 0 atom stereocenters. The molecule has 0 radical (unpaired) electrons. The summed E-state index contributed by atoms with van der Waals surface area (Å²) in [6.45, 7) is 4.32. The lowest BCUT2D eigenvalue weighted by Gasteiger charge is -2.16. The van der Waals surface area contributed by atoms with E-state index in [1.807, 2.05) is 31.9 Å². The van der Waals surface area contributed by atoms with E-state index < -0.39 is 0 Å². The van der Waals surface area contributed by atoms with E-state index >= 15 is 0 Å². The third kappa shape index (κ3) is 2.43. The largest absolute Gasteiger partial charge is 0.336 e. The van der Waals surface area contributed by atoms with Crippen molar-refractivity contribution in [1.82, 2.24) is 29.1 Å². The van der Waals surface area contributed by atoms with E-state index in [4.69, 9.17) is 0 Å². The summed E-state index contributed by atoms with van der Waals surface area (Å²) in [6, 6.07) is 1.92. The van der Waals surface area contributed by atoms with Crippen molar-refractivity contribution >= 4 is 11.6 Å². The molecule has 0 bridgehead atoms. The molecule has 3 heterocycles. The SMILES string of the molecule is Cc1cc(C)nc(N(C)Cc2nnc3c(=O)n(C)ccn23)n1. The van der Waals surface area contributed by atoms with Gasteiger partial charge in [0.05, 0.1) is 6.54 Å². The fraction of sp³-hybridized carbons (Fsp3) is 0.357. The van der Waals surface area contributed by atoms with Crippen molar-refractivity contribution in [3.8, 4) is 0 Å². The molecule has 3 rings (SSSR count). The van der Waals surface area contributed by atoms with E-state index in [9.17, 15) is 4.79 Å². The monoisotopic (exact) mass is 299 g/mol. The normalized spacial score (nSPS) is 11.1. The molecule has 3 aromatic heterocycles. The number of hydrogen-bond donors (Lipinski definition) is 0.